The van der Waals surface area contributed by atoms with E-state index < -0.39 is 21.9 Å². The van der Waals surface area contributed by atoms with Gasteiger partial charge in [-0.1, -0.05) is 19.9 Å². The lowest BCUT2D eigenvalue weighted by Crippen LogP contribution is -2.34. The monoisotopic (exact) mass is 275 g/mol. The molecule has 0 amide bonds. The highest BCUT2D eigenvalue weighted by molar-refractivity contribution is 7.89. The zero-order valence-electron chi connectivity index (χ0n) is 10.6. The molecule has 2 N–H and O–H groups in total. The molecule has 1 rings (SSSR count). The Hall–Kier alpha value is -0.980. The third-order valence-corrected chi connectivity index (χ3v) is 4.13. The SMILES string of the molecule is Cc1ccc(S(=O)(=O)NCC(O)C(C)C)cc1F. The van der Waals surface area contributed by atoms with Gasteiger partial charge < -0.3 is 5.11 Å². The van der Waals surface area contributed by atoms with Gasteiger partial charge in [0.2, 0.25) is 10.0 Å². The molecule has 1 atom stereocenters. The Labute approximate surface area is 107 Å². The van der Waals surface area contributed by atoms with Crippen molar-refractivity contribution in [1.29, 1.82) is 0 Å². The summed E-state index contributed by atoms with van der Waals surface area (Å²) in [4.78, 5) is -0.137. The number of hydrogen-bond donors (Lipinski definition) is 2. The maximum absolute atomic E-state index is 13.3. The van der Waals surface area contributed by atoms with Crippen molar-refractivity contribution in [2.45, 2.75) is 31.8 Å². The zero-order valence-corrected chi connectivity index (χ0v) is 11.5. The molecule has 0 spiro atoms. The summed E-state index contributed by atoms with van der Waals surface area (Å²) in [5.74, 6) is -0.621. The highest BCUT2D eigenvalue weighted by Crippen LogP contribution is 2.14. The number of aliphatic hydroxyl groups excluding tert-OH is 1. The number of rotatable bonds is 5. The van der Waals surface area contributed by atoms with Crippen LogP contribution in [0.25, 0.3) is 0 Å². The average molecular weight is 275 g/mol. The summed E-state index contributed by atoms with van der Waals surface area (Å²) in [5.41, 5.74) is 0.385. The molecule has 0 radical (unpaired) electrons. The molecule has 1 unspecified atom stereocenters. The first-order valence-electron chi connectivity index (χ1n) is 5.68. The standard InChI is InChI=1S/C12H18FNO3S/c1-8(2)12(15)7-14-18(16,17)10-5-4-9(3)11(13)6-10/h4-6,8,12,14-15H,7H2,1-3H3. The second-order valence-corrected chi connectivity index (χ2v) is 6.34. The van der Waals surface area contributed by atoms with E-state index in [0.717, 1.165) is 6.07 Å². The van der Waals surface area contributed by atoms with Gasteiger partial charge in [0.15, 0.2) is 0 Å². The normalized spacial score (nSPS) is 13.9. The van der Waals surface area contributed by atoms with Crippen molar-refractivity contribution in [3.05, 3.63) is 29.6 Å². The predicted octanol–water partition coefficient (Wildman–Crippen LogP) is 1.43. The average Bonchev–Trinajstić information content (AvgIpc) is 2.29. The molecule has 0 saturated heterocycles. The van der Waals surface area contributed by atoms with E-state index in [-0.39, 0.29) is 17.4 Å². The van der Waals surface area contributed by atoms with Crippen LogP contribution in [0.15, 0.2) is 23.1 Å². The Morgan fingerprint density at radius 2 is 2.00 bits per heavy atom. The Morgan fingerprint density at radius 3 is 2.50 bits per heavy atom. The fraction of sp³-hybridized carbons (Fsp3) is 0.500. The first-order chi connectivity index (χ1) is 8.24. The lowest BCUT2D eigenvalue weighted by Gasteiger charge is -2.15. The van der Waals surface area contributed by atoms with Crippen LogP contribution in [-0.4, -0.2) is 26.2 Å². The largest absolute Gasteiger partial charge is 0.391 e. The molecule has 0 aliphatic heterocycles. The summed E-state index contributed by atoms with van der Waals surface area (Å²) in [6.45, 7) is 5.03. The first kappa shape index (κ1) is 15.1. The van der Waals surface area contributed by atoms with Crippen molar-refractivity contribution in [3.8, 4) is 0 Å². The summed E-state index contributed by atoms with van der Waals surface area (Å²) < 4.78 is 39.2. The van der Waals surface area contributed by atoms with Crippen LogP contribution in [0.1, 0.15) is 19.4 Å². The van der Waals surface area contributed by atoms with E-state index in [1.165, 1.54) is 12.1 Å². The van der Waals surface area contributed by atoms with Crippen LogP contribution in [-0.2, 0) is 10.0 Å². The van der Waals surface area contributed by atoms with Crippen LogP contribution in [0.2, 0.25) is 0 Å². The van der Waals surface area contributed by atoms with Crippen molar-refractivity contribution in [3.63, 3.8) is 0 Å². The number of nitrogens with one attached hydrogen (secondary N) is 1. The number of aryl methyl sites for hydroxylation is 1. The molecule has 6 heteroatoms. The van der Waals surface area contributed by atoms with Crippen LogP contribution in [0.3, 0.4) is 0 Å². The molecule has 1 aromatic rings. The molecular weight excluding hydrogens is 257 g/mol. The number of sulfonamides is 1. The summed E-state index contributed by atoms with van der Waals surface area (Å²) in [7, 11) is -3.78. The maximum Gasteiger partial charge on any atom is 0.240 e. The molecule has 102 valence electrons. The second-order valence-electron chi connectivity index (χ2n) is 4.57. The topological polar surface area (TPSA) is 66.4 Å². The van der Waals surface area contributed by atoms with Crippen LogP contribution in [0.4, 0.5) is 4.39 Å². The third kappa shape index (κ3) is 3.76. The van der Waals surface area contributed by atoms with Crippen molar-refractivity contribution in [1.82, 2.24) is 4.72 Å². The van der Waals surface area contributed by atoms with Gasteiger partial charge in [0, 0.05) is 6.54 Å². The Balaban J connectivity index is 2.83. The van der Waals surface area contributed by atoms with E-state index >= 15 is 0 Å². The van der Waals surface area contributed by atoms with Crippen molar-refractivity contribution < 1.29 is 17.9 Å². The van der Waals surface area contributed by atoms with Crippen LogP contribution in [0.5, 0.6) is 0 Å². The zero-order chi connectivity index (χ0) is 13.9. The summed E-state index contributed by atoms with van der Waals surface area (Å²) in [6.07, 6.45) is -0.768. The van der Waals surface area contributed by atoms with E-state index in [0.29, 0.717) is 5.56 Å². The molecule has 0 aliphatic rings. The van der Waals surface area contributed by atoms with Gasteiger partial charge in [0.25, 0.3) is 0 Å². The lowest BCUT2D eigenvalue weighted by molar-refractivity contribution is 0.129. The van der Waals surface area contributed by atoms with Gasteiger partial charge in [0.05, 0.1) is 11.0 Å². The number of halogens is 1. The molecule has 0 aromatic heterocycles. The first-order valence-corrected chi connectivity index (χ1v) is 7.16. The molecule has 0 aliphatic carbocycles. The van der Waals surface area contributed by atoms with Crippen molar-refractivity contribution in [2.24, 2.45) is 5.92 Å². The molecule has 0 bridgehead atoms. The van der Waals surface area contributed by atoms with E-state index in [4.69, 9.17) is 0 Å². The Bertz CT molecular complexity index is 514. The number of hydrogen-bond acceptors (Lipinski definition) is 3. The quantitative estimate of drug-likeness (QED) is 0.854. The fourth-order valence-electron chi connectivity index (χ4n) is 1.25. The minimum atomic E-state index is -3.78. The van der Waals surface area contributed by atoms with Gasteiger partial charge in [-0.25, -0.2) is 17.5 Å². The molecule has 18 heavy (non-hydrogen) atoms. The van der Waals surface area contributed by atoms with E-state index in [9.17, 15) is 17.9 Å². The number of benzene rings is 1. The molecule has 4 nitrogen and oxygen atoms in total. The highest BCUT2D eigenvalue weighted by Gasteiger charge is 2.18. The van der Waals surface area contributed by atoms with Gasteiger partial charge in [-0.3, -0.25) is 0 Å². The molecule has 1 aromatic carbocycles. The maximum atomic E-state index is 13.3. The van der Waals surface area contributed by atoms with Crippen LogP contribution < -0.4 is 4.72 Å². The second kappa shape index (κ2) is 5.77. The van der Waals surface area contributed by atoms with Gasteiger partial charge in [-0.15, -0.1) is 0 Å². The minimum Gasteiger partial charge on any atom is -0.391 e. The molecular formula is C12H18FNO3S. The third-order valence-electron chi connectivity index (χ3n) is 2.71. The van der Waals surface area contributed by atoms with E-state index in [1.54, 1.807) is 20.8 Å². The van der Waals surface area contributed by atoms with Crippen molar-refractivity contribution >= 4 is 10.0 Å². The lowest BCUT2D eigenvalue weighted by atomic mass is 10.1. The van der Waals surface area contributed by atoms with Crippen LogP contribution >= 0.6 is 0 Å². The van der Waals surface area contributed by atoms with Gasteiger partial charge in [-0.05, 0) is 30.5 Å². The summed E-state index contributed by atoms with van der Waals surface area (Å²) in [5, 5.41) is 9.53. The van der Waals surface area contributed by atoms with Gasteiger partial charge in [-0.2, -0.15) is 0 Å². The molecule has 0 heterocycles. The number of aliphatic hydroxyl groups is 1. The van der Waals surface area contributed by atoms with Gasteiger partial charge >= 0.3 is 0 Å². The highest BCUT2D eigenvalue weighted by atomic mass is 32.2. The van der Waals surface area contributed by atoms with Crippen LogP contribution in [0, 0.1) is 18.7 Å². The van der Waals surface area contributed by atoms with E-state index in [2.05, 4.69) is 4.72 Å². The van der Waals surface area contributed by atoms with Crippen molar-refractivity contribution in [2.75, 3.05) is 6.54 Å². The Kier molecular flexibility index (Phi) is 4.84. The molecule has 0 saturated carbocycles. The Morgan fingerprint density at radius 1 is 1.39 bits per heavy atom. The fourth-order valence-corrected chi connectivity index (χ4v) is 2.32. The molecule has 0 fully saturated rings. The smallest absolute Gasteiger partial charge is 0.240 e. The minimum absolute atomic E-state index is 0.0533. The summed E-state index contributed by atoms with van der Waals surface area (Å²) >= 11 is 0. The summed E-state index contributed by atoms with van der Waals surface area (Å²) in [6, 6.07) is 3.71. The van der Waals surface area contributed by atoms with E-state index in [1.807, 2.05) is 0 Å². The predicted molar refractivity (Wildman–Crippen MR) is 67.2 cm³/mol. The van der Waals surface area contributed by atoms with Gasteiger partial charge in [0.1, 0.15) is 5.82 Å².